The highest BCUT2D eigenvalue weighted by Crippen LogP contribution is 2.27. The van der Waals surface area contributed by atoms with E-state index in [-0.39, 0.29) is 142 Å². The average molecular weight is 1920 g/mol. The van der Waals surface area contributed by atoms with Crippen LogP contribution in [0.25, 0.3) is 0 Å². The van der Waals surface area contributed by atoms with Crippen LogP contribution < -0.4 is 125 Å². The zero-order valence-electron chi connectivity index (χ0n) is 77.7. The summed E-state index contributed by atoms with van der Waals surface area (Å²) >= 11 is 0. The predicted molar refractivity (Wildman–Crippen MR) is 480 cm³/mol. The number of nitrogens with zero attached hydrogens (tertiary/aromatic N) is 4. The molecule has 3 aliphatic rings. The van der Waals surface area contributed by atoms with Gasteiger partial charge in [-0.2, -0.15) is 0 Å². The van der Waals surface area contributed by atoms with E-state index in [4.69, 9.17) is 40.1 Å². The van der Waals surface area contributed by atoms with Gasteiger partial charge in [-0.3, -0.25) is 106 Å². The van der Waals surface area contributed by atoms with Gasteiger partial charge in [0.25, 0.3) is 0 Å². The molecule has 0 aromatic carbocycles. The largest absolute Gasteiger partial charge is 0.481 e. The first-order chi connectivity index (χ1) is 63.7. The Bertz CT molecular complexity index is 4140. The second kappa shape index (κ2) is 59.9. The molecule has 3 rings (SSSR count). The monoisotopic (exact) mass is 1920 g/mol. The third-order valence-electron chi connectivity index (χ3n) is 22.5. The van der Waals surface area contributed by atoms with Crippen molar-refractivity contribution in [1.82, 2.24) is 99.8 Å². The number of hydrogen-bond donors (Lipinski definition) is 27. The molecule has 53 nitrogen and oxygen atoms in total. The molecule has 3 heterocycles. The number of carbonyl (C=O) groups is 22. The molecule has 0 aliphatic carbocycles. The van der Waals surface area contributed by atoms with Crippen molar-refractivity contribution < 1.29 is 126 Å². The van der Waals surface area contributed by atoms with E-state index in [9.17, 15) is 126 Å². The molecule has 20 amide bonds. The van der Waals surface area contributed by atoms with E-state index in [2.05, 4.69) is 90.1 Å². The zero-order chi connectivity index (χ0) is 102. The molecule has 53 heteroatoms. The number of likely N-dealkylation sites (tertiary alicyclic amines) is 3. The molecule has 0 spiro atoms. The summed E-state index contributed by atoms with van der Waals surface area (Å²) in [6.07, 6.45) is -1.81. The number of guanidine groups is 1. The summed E-state index contributed by atoms with van der Waals surface area (Å²) in [4.78, 5) is 303. The summed E-state index contributed by atoms with van der Waals surface area (Å²) in [5.74, 6) is -22.0. The molecule has 760 valence electrons. The van der Waals surface area contributed by atoms with Crippen molar-refractivity contribution in [1.29, 1.82) is 0 Å². The fourth-order valence-corrected chi connectivity index (χ4v) is 14.7. The third kappa shape index (κ3) is 40.2. The van der Waals surface area contributed by atoms with Crippen LogP contribution in [0.2, 0.25) is 0 Å². The van der Waals surface area contributed by atoms with Crippen molar-refractivity contribution in [2.24, 2.45) is 51.0 Å². The Hall–Kier alpha value is -12.6. The number of aliphatic carboxylic acids is 2. The number of nitrogens with one attached hydrogen (secondary N) is 16. The normalized spacial score (nSPS) is 18.0. The lowest BCUT2D eigenvalue weighted by atomic mass is 9.97. The second-order valence-corrected chi connectivity index (χ2v) is 33.5. The van der Waals surface area contributed by atoms with Crippen LogP contribution in [0.15, 0.2) is 4.99 Å². The lowest BCUT2D eigenvalue weighted by molar-refractivity contribution is -0.147. The van der Waals surface area contributed by atoms with Crippen molar-refractivity contribution in [2.75, 3.05) is 72.0 Å². The lowest BCUT2D eigenvalue weighted by Crippen LogP contribution is -2.62. The average Bonchev–Trinajstić information content (AvgIpc) is 1.67. The van der Waals surface area contributed by atoms with Crippen LogP contribution in [0.5, 0.6) is 0 Å². The number of carbonyl (C=O) groups excluding carboxylic acids is 20. The maximum absolute atomic E-state index is 14.5. The number of nitrogens with two attached hydrogens (primary N) is 7. The van der Waals surface area contributed by atoms with Crippen molar-refractivity contribution in [3.63, 3.8) is 0 Å². The molecule has 34 N–H and O–H groups in total. The van der Waals surface area contributed by atoms with Crippen LogP contribution in [0, 0.1) is 5.92 Å². The highest BCUT2D eigenvalue weighted by atomic mass is 16.4. The molecule has 19 atom stereocenters. The second-order valence-electron chi connectivity index (χ2n) is 33.5. The summed E-state index contributed by atoms with van der Waals surface area (Å²) in [6.45, 7) is 8.45. The number of hydrogen-bond acceptors (Lipinski definition) is 29. The van der Waals surface area contributed by atoms with Gasteiger partial charge in [0.1, 0.15) is 96.7 Å². The van der Waals surface area contributed by atoms with Crippen LogP contribution in [0.3, 0.4) is 0 Å². The Morgan fingerprint density at radius 3 is 1.27 bits per heavy atom. The van der Waals surface area contributed by atoms with Gasteiger partial charge in [0.2, 0.25) is 118 Å². The first-order valence-electron chi connectivity index (χ1n) is 45.3. The maximum atomic E-state index is 14.5. The minimum atomic E-state index is -1.83. The quantitative estimate of drug-likeness (QED) is 0.0153. The molecule has 0 radical (unpaired) electrons. The van der Waals surface area contributed by atoms with Gasteiger partial charge in [-0.1, -0.05) is 20.3 Å². The summed E-state index contributed by atoms with van der Waals surface area (Å²) in [7, 11) is 0. The van der Waals surface area contributed by atoms with Crippen LogP contribution in [-0.2, 0) is 105 Å². The first kappa shape index (κ1) is 117. The van der Waals surface area contributed by atoms with Crippen molar-refractivity contribution in [3.8, 4) is 0 Å². The molecule has 0 unspecified atom stereocenters. The molecule has 0 aromatic heterocycles. The number of primary amides is 1. The molecule has 0 aromatic rings. The number of aliphatic hydroxyl groups excluding tert-OH is 2. The van der Waals surface area contributed by atoms with E-state index < -0.39 is 277 Å². The van der Waals surface area contributed by atoms with Crippen LogP contribution in [-0.4, -0.2) is 352 Å². The molecule has 3 saturated heterocycles. The highest BCUT2D eigenvalue weighted by Gasteiger charge is 2.46. The van der Waals surface area contributed by atoms with Gasteiger partial charge in [0, 0.05) is 32.6 Å². The fraction of sp³-hybridized carbons (Fsp3) is 0.720. The molecule has 3 aliphatic heterocycles. The molecule has 135 heavy (non-hydrogen) atoms. The van der Waals surface area contributed by atoms with E-state index in [1.54, 1.807) is 13.8 Å². The van der Waals surface area contributed by atoms with Gasteiger partial charge < -0.3 is 160 Å². The van der Waals surface area contributed by atoms with E-state index in [1.807, 2.05) is 0 Å². The van der Waals surface area contributed by atoms with E-state index in [1.165, 1.54) is 44.4 Å². The van der Waals surface area contributed by atoms with Gasteiger partial charge in [-0.05, 0) is 183 Å². The Labute approximate surface area is 780 Å². The Balaban J connectivity index is 1.69. The molecule has 0 saturated carbocycles. The molecule has 3 fully saturated rings. The highest BCUT2D eigenvalue weighted by molar-refractivity contribution is 6.02. The van der Waals surface area contributed by atoms with Crippen molar-refractivity contribution >= 4 is 136 Å². The molecule has 0 bridgehead atoms. The number of carboxylic acids is 2. The van der Waals surface area contributed by atoms with Crippen LogP contribution in [0.4, 0.5) is 0 Å². The van der Waals surface area contributed by atoms with Gasteiger partial charge >= 0.3 is 11.9 Å². The molecular weight excluding hydrogens is 1780 g/mol. The fourth-order valence-electron chi connectivity index (χ4n) is 14.7. The minimum Gasteiger partial charge on any atom is -0.481 e. The van der Waals surface area contributed by atoms with E-state index >= 15 is 0 Å². The van der Waals surface area contributed by atoms with Crippen LogP contribution in [0.1, 0.15) is 190 Å². The number of aliphatic hydroxyl groups is 2. The SMILES string of the molecule is CC[C@H](C)[C@H](NC(=O)[C@H](CCCCN)NC(=O)[C@@H](NC(=O)[C@H](CCCCN)NC(=O)CNC(=O)[C@H](CC(=O)O)NC(=O)[C@H](C)NC(=O)CN)[C@@H](C)O)C(=O)N[C@@H](C)C(=O)N[C@H](C(=O)N1CCC[C@H]1C(=O)N[C@@H](CCCN=C(N)N)C(=O)NCC(=O)N[C@@H](C)C(=O)N[C@@H](C)C(=O)N1CCC[C@H]1C(=O)N1CCC[C@H]1C(=O)NCC(=O)N[C@@H](CCC(N)=O)C(=O)N[C@@H](CCCCN)C(=O)O)[C@@H](C)O. The number of unbranched alkanes of at least 4 members (excludes halogenated alkanes) is 3. The summed E-state index contributed by atoms with van der Waals surface area (Å²) < 4.78 is 0. The van der Waals surface area contributed by atoms with Gasteiger partial charge in [0.05, 0.1) is 44.8 Å². The standard InChI is InChI=1S/C82H141N27O26/c1-9-41(2)63(104-73(126)50(21-11-14-30-84)101-77(130)64(46(7)110)105-72(125)49(20-10-13-29-83)98-60(115)39-92-70(123)53(36-62(117)118)103-67(120)43(4)94-58(113)37-86)76(129)96-44(5)68(121)106-65(47(8)111)80(133)108-34-18-25-55(108)75(128)100-48(23-16-32-90-82(88)89)69(122)91-38-59(114)95-42(3)66(119)97-45(6)78(131)109-35-19-26-56(109)79(132)107-33-17-24-54(107)74(127)93-40-61(116)99-51(27-28-57(87)112)71(124)102-52(81(134)135)22-12-15-31-85/h41-56,63-65,110-111H,9-40,83-86H2,1-8H3,(H2,87,112)(H,91,122)(H,92,123)(H,93,127)(H,94,113)(H,95,114)(H,96,129)(H,97,119)(H,98,115)(H,99,116)(H,100,128)(H,101,130)(H,102,124)(H,103,120)(H,104,126)(H,105,125)(H,106,121)(H,117,118)(H,134,135)(H4,88,89,90)/t41-,42-,43-,44-,45-,46+,47+,48-,49-,50-,51-,52-,53-,54-,55-,56-,63-,64-,65-/m0/s1. The van der Waals surface area contributed by atoms with E-state index in [0.717, 1.165) is 11.8 Å². The van der Waals surface area contributed by atoms with Gasteiger partial charge in [0.15, 0.2) is 5.96 Å². The number of aliphatic imine (C=N–C) groups is 1. The molecular formula is C82H141N27O26. The zero-order valence-corrected chi connectivity index (χ0v) is 77.7. The third-order valence-corrected chi connectivity index (χ3v) is 22.5. The predicted octanol–water partition coefficient (Wildman–Crippen LogP) is -12.3. The number of amides is 20. The van der Waals surface area contributed by atoms with Crippen molar-refractivity contribution in [2.45, 2.75) is 299 Å². The maximum Gasteiger partial charge on any atom is 0.326 e. The first-order valence-corrected chi connectivity index (χ1v) is 45.3. The van der Waals surface area contributed by atoms with Gasteiger partial charge in [-0.15, -0.1) is 0 Å². The Kier molecular flexibility index (Phi) is 51.7. The summed E-state index contributed by atoms with van der Waals surface area (Å²) in [6, 6.07) is -22.9. The topological polar surface area (TPSA) is 853 Å². The van der Waals surface area contributed by atoms with Crippen LogP contribution >= 0.6 is 0 Å². The van der Waals surface area contributed by atoms with Crippen molar-refractivity contribution in [3.05, 3.63) is 0 Å². The van der Waals surface area contributed by atoms with Gasteiger partial charge in [-0.25, -0.2) is 4.79 Å². The number of carboxylic acid groups (broad SMARTS) is 2. The van der Waals surface area contributed by atoms with E-state index in [0.29, 0.717) is 38.5 Å². The minimum absolute atomic E-state index is 0.00778. The lowest BCUT2D eigenvalue weighted by Gasteiger charge is -2.32. The summed E-state index contributed by atoms with van der Waals surface area (Å²) in [5, 5.41) is 79.7. The Morgan fingerprint density at radius 2 is 0.763 bits per heavy atom. The number of rotatable bonds is 61. The smallest absolute Gasteiger partial charge is 0.326 e. The summed E-state index contributed by atoms with van der Waals surface area (Å²) in [5.41, 5.74) is 38.6. The Morgan fingerprint density at radius 1 is 0.370 bits per heavy atom.